The topological polar surface area (TPSA) is 84.9 Å². The SMILES string of the molecule is CCC(=CC(=O)Nc1cc(OC)c(OC)cc1C(=O)O)c1ccc(Cl)c(Cl)c1. The number of aromatic carboxylic acids is 1. The normalized spacial score (nSPS) is 11.1. The van der Waals surface area contributed by atoms with E-state index in [2.05, 4.69) is 5.32 Å². The van der Waals surface area contributed by atoms with Crippen LogP contribution < -0.4 is 14.8 Å². The van der Waals surface area contributed by atoms with Crippen LogP contribution in [0.25, 0.3) is 5.57 Å². The molecular formula is C20H19Cl2NO5. The number of methoxy groups -OCH3 is 2. The highest BCUT2D eigenvalue weighted by Crippen LogP contribution is 2.34. The molecule has 0 saturated heterocycles. The molecular weight excluding hydrogens is 405 g/mol. The maximum Gasteiger partial charge on any atom is 0.337 e. The van der Waals surface area contributed by atoms with Gasteiger partial charge in [0.15, 0.2) is 11.5 Å². The highest BCUT2D eigenvalue weighted by molar-refractivity contribution is 6.42. The lowest BCUT2D eigenvalue weighted by Crippen LogP contribution is -2.13. The Morgan fingerprint density at radius 3 is 2.25 bits per heavy atom. The summed E-state index contributed by atoms with van der Waals surface area (Å²) in [5, 5.41) is 12.8. The Hall–Kier alpha value is -2.70. The summed E-state index contributed by atoms with van der Waals surface area (Å²) in [5.74, 6) is -1.15. The predicted molar refractivity (Wildman–Crippen MR) is 110 cm³/mol. The molecule has 0 bridgehead atoms. The number of amides is 1. The van der Waals surface area contributed by atoms with Crippen molar-refractivity contribution in [3.63, 3.8) is 0 Å². The van der Waals surface area contributed by atoms with E-state index < -0.39 is 11.9 Å². The van der Waals surface area contributed by atoms with Crippen LogP contribution in [0.15, 0.2) is 36.4 Å². The molecule has 0 aromatic heterocycles. The first-order valence-electron chi connectivity index (χ1n) is 8.27. The fourth-order valence-electron chi connectivity index (χ4n) is 2.57. The van der Waals surface area contributed by atoms with Crippen molar-refractivity contribution in [3.05, 3.63) is 57.6 Å². The minimum atomic E-state index is -1.21. The number of hydrogen-bond donors (Lipinski definition) is 2. The second kappa shape index (κ2) is 9.48. The van der Waals surface area contributed by atoms with Crippen LogP contribution in [-0.2, 0) is 4.79 Å². The van der Waals surface area contributed by atoms with Gasteiger partial charge in [-0.2, -0.15) is 0 Å². The van der Waals surface area contributed by atoms with Crippen molar-refractivity contribution >= 4 is 46.3 Å². The third-order valence-corrected chi connectivity index (χ3v) is 4.73. The van der Waals surface area contributed by atoms with Gasteiger partial charge >= 0.3 is 5.97 Å². The van der Waals surface area contributed by atoms with Gasteiger partial charge in [0.2, 0.25) is 5.91 Å². The summed E-state index contributed by atoms with van der Waals surface area (Å²) in [6.45, 7) is 1.89. The van der Waals surface area contributed by atoms with Gasteiger partial charge in [-0.25, -0.2) is 4.79 Å². The van der Waals surface area contributed by atoms with Crippen molar-refractivity contribution in [2.75, 3.05) is 19.5 Å². The van der Waals surface area contributed by atoms with Gasteiger partial charge in [0.05, 0.1) is 35.5 Å². The first kappa shape index (κ1) is 21.6. The van der Waals surface area contributed by atoms with Crippen molar-refractivity contribution < 1.29 is 24.2 Å². The Labute approximate surface area is 172 Å². The van der Waals surface area contributed by atoms with E-state index in [0.717, 1.165) is 5.56 Å². The zero-order chi connectivity index (χ0) is 20.8. The Kier molecular flexibility index (Phi) is 7.31. The number of carbonyl (C=O) groups is 2. The largest absolute Gasteiger partial charge is 0.493 e. The maximum atomic E-state index is 12.5. The summed E-state index contributed by atoms with van der Waals surface area (Å²) >= 11 is 12.0. The summed E-state index contributed by atoms with van der Waals surface area (Å²) in [4.78, 5) is 24.1. The minimum Gasteiger partial charge on any atom is -0.493 e. The van der Waals surface area contributed by atoms with Crippen molar-refractivity contribution in [2.45, 2.75) is 13.3 Å². The lowest BCUT2D eigenvalue weighted by molar-refractivity contribution is -0.111. The van der Waals surface area contributed by atoms with E-state index in [0.29, 0.717) is 27.8 Å². The molecule has 2 aromatic rings. The predicted octanol–water partition coefficient (Wildman–Crippen LogP) is 5.14. The Morgan fingerprint density at radius 2 is 1.71 bits per heavy atom. The Balaban J connectivity index is 2.38. The molecule has 0 atom stereocenters. The van der Waals surface area contributed by atoms with Crippen LogP contribution in [0.3, 0.4) is 0 Å². The second-order valence-corrected chi connectivity index (χ2v) is 6.51. The first-order valence-corrected chi connectivity index (χ1v) is 9.02. The molecule has 0 aliphatic rings. The number of rotatable bonds is 7. The van der Waals surface area contributed by atoms with Crippen LogP contribution in [0.4, 0.5) is 5.69 Å². The number of halogens is 2. The molecule has 0 aliphatic carbocycles. The van der Waals surface area contributed by atoms with Gasteiger partial charge < -0.3 is 19.9 Å². The number of allylic oxidation sites excluding steroid dienone is 1. The smallest absolute Gasteiger partial charge is 0.337 e. The molecule has 0 heterocycles. The number of carboxylic acids is 1. The van der Waals surface area contributed by atoms with Crippen molar-refractivity contribution in [2.24, 2.45) is 0 Å². The number of ether oxygens (including phenoxy) is 2. The number of anilines is 1. The quantitative estimate of drug-likeness (QED) is 0.602. The number of carboxylic acid groups (broad SMARTS) is 1. The van der Waals surface area contributed by atoms with Crippen molar-refractivity contribution in [3.8, 4) is 11.5 Å². The maximum absolute atomic E-state index is 12.5. The van der Waals surface area contributed by atoms with Gasteiger partial charge in [0.1, 0.15) is 0 Å². The molecule has 2 rings (SSSR count). The van der Waals surface area contributed by atoms with E-state index in [9.17, 15) is 14.7 Å². The second-order valence-electron chi connectivity index (χ2n) is 5.70. The van der Waals surface area contributed by atoms with E-state index in [-0.39, 0.29) is 17.0 Å². The van der Waals surface area contributed by atoms with Crippen LogP contribution >= 0.6 is 23.2 Å². The van der Waals surface area contributed by atoms with Crippen LogP contribution in [0.1, 0.15) is 29.3 Å². The van der Waals surface area contributed by atoms with Gasteiger partial charge in [0.25, 0.3) is 0 Å². The minimum absolute atomic E-state index is 0.0935. The summed E-state index contributed by atoms with van der Waals surface area (Å²) in [6.07, 6.45) is 1.95. The van der Waals surface area contributed by atoms with Crippen LogP contribution in [0, 0.1) is 0 Å². The summed E-state index contributed by atoms with van der Waals surface area (Å²) in [7, 11) is 2.82. The fraction of sp³-hybridized carbons (Fsp3) is 0.200. The average molecular weight is 424 g/mol. The summed E-state index contributed by atoms with van der Waals surface area (Å²) < 4.78 is 10.3. The molecule has 0 saturated carbocycles. The first-order chi connectivity index (χ1) is 13.3. The van der Waals surface area contributed by atoms with Crippen LogP contribution in [-0.4, -0.2) is 31.2 Å². The molecule has 0 spiro atoms. The number of nitrogens with one attached hydrogen (secondary N) is 1. The monoisotopic (exact) mass is 423 g/mol. The van der Waals surface area contributed by atoms with E-state index in [4.69, 9.17) is 32.7 Å². The average Bonchev–Trinajstić information content (AvgIpc) is 2.67. The van der Waals surface area contributed by atoms with Gasteiger partial charge in [-0.3, -0.25) is 4.79 Å². The summed E-state index contributed by atoms with van der Waals surface area (Å²) in [5.41, 5.74) is 1.44. The van der Waals surface area contributed by atoms with E-state index >= 15 is 0 Å². The summed E-state index contributed by atoms with van der Waals surface area (Å²) in [6, 6.07) is 7.78. The molecule has 2 N–H and O–H groups in total. The highest BCUT2D eigenvalue weighted by Gasteiger charge is 2.18. The van der Waals surface area contributed by atoms with E-state index in [1.807, 2.05) is 6.92 Å². The van der Waals surface area contributed by atoms with Crippen LogP contribution in [0.2, 0.25) is 10.0 Å². The molecule has 0 aliphatic heterocycles. The molecule has 2 aromatic carbocycles. The molecule has 0 radical (unpaired) electrons. The molecule has 8 heteroatoms. The molecule has 1 amide bonds. The van der Waals surface area contributed by atoms with Gasteiger partial charge in [0, 0.05) is 18.2 Å². The fourth-order valence-corrected chi connectivity index (χ4v) is 2.87. The third kappa shape index (κ3) is 4.97. The molecule has 148 valence electrons. The molecule has 28 heavy (non-hydrogen) atoms. The standard InChI is InChI=1S/C20H19Cl2NO5/c1-4-11(12-5-6-14(21)15(22)7-12)8-19(24)23-16-10-18(28-3)17(27-2)9-13(16)20(25)26/h5-10H,4H2,1-3H3,(H,23,24)(H,25,26). The molecule has 6 nitrogen and oxygen atoms in total. The lowest BCUT2D eigenvalue weighted by atomic mass is 10.0. The van der Waals surface area contributed by atoms with Crippen LogP contribution in [0.5, 0.6) is 11.5 Å². The number of benzene rings is 2. The van der Waals surface area contributed by atoms with Crippen molar-refractivity contribution in [1.82, 2.24) is 0 Å². The van der Waals surface area contributed by atoms with Crippen molar-refractivity contribution in [1.29, 1.82) is 0 Å². The zero-order valence-electron chi connectivity index (χ0n) is 15.5. The Bertz CT molecular complexity index is 940. The molecule has 0 unspecified atom stereocenters. The van der Waals surface area contributed by atoms with Gasteiger partial charge in [-0.1, -0.05) is 36.2 Å². The highest BCUT2D eigenvalue weighted by atomic mass is 35.5. The number of carbonyl (C=O) groups excluding carboxylic acids is 1. The lowest BCUT2D eigenvalue weighted by Gasteiger charge is -2.13. The zero-order valence-corrected chi connectivity index (χ0v) is 17.0. The third-order valence-electron chi connectivity index (χ3n) is 3.99. The van der Waals surface area contributed by atoms with E-state index in [1.165, 1.54) is 32.4 Å². The Morgan fingerprint density at radius 1 is 1.07 bits per heavy atom. The number of hydrogen-bond acceptors (Lipinski definition) is 4. The van der Waals surface area contributed by atoms with E-state index in [1.54, 1.807) is 18.2 Å². The molecule has 0 fully saturated rings. The van der Waals surface area contributed by atoms with Gasteiger partial charge in [-0.05, 0) is 29.7 Å². The van der Waals surface area contributed by atoms with Gasteiger partial charge in [-0.15, -0.1) is 0 Å².